The third kappa shape index (κ3) is 3.65. The molecule has 0 radical (unpaired) electrons. The minimum absolute atomic E-state index is 0.0492. The maximum atomic E-state index is 12.6. The van der Waals surface area contributed by atoms with Crippen LogP contribution in [0.1, 0.15) is 13.3 Å². The third-order valence-electron chi connectivity index (χ3n) is 3.58. The van der Waals surface area contributed by atoms with Gasteiger partial charge in [-0.05, 0) is 36.8 Å². The van der Waals surface area contributed by atoms with Gasteiger partial charge in [-0.15, -0.1) is 0 Å². The van der Waals surface area contributed by atoms with Crippen LogP contribution in [-0.2, 0) is 11.8 Å². The van der Waals surface area contributed by atoms with Crippen molar-refractivity contribution in [2.75, 3.05) is 20.3 Å². The standard InChI is InChI=1S/C18H23N3O3/c1-4-7-14(24-13-12-22)10-11-17(19-2)21-16-9-6-5-8-15(16)20(3)18(21)23/h5-11,22H,4,12-13H2,1-3H3/b11-10-,14-7+,19-17?. The smallest absolute Gasteiger partial charge is 0.334 e. The Labute approximate surface area is 141 Å². The summed E-state index contributed by atoms with van der Waals surface area (Å²) in [4.78, 5) is 16.8. The van der Waals surface area contributed by atoms with Crippen LogP contribution >= 0.6 is 0 Å². The van der Waals surface area contributed by atoms with E-state index in [1.807, 2.05) is 37.3 Å². The zero-order valence-electron chi connectivity index (χ0n) is 14.3. The van der Waals surface area contributed by atoms with E-state index in [2.05, 4.69) is 4.99 Å². The van der Waals surface area contributed by atoms with Crippen LogP contribution in [0.25, 0.3) is 11.0 Å². The molecule has 0 saturated heterocycles. The highest BCUT2D eigenvalue weighted by atomic mass is 16.5. The molecule has 2 rings (SSSR count). The van der Waals surface area contributed by atoms with Gasteiger partial charge < -0.3 is 9.84 Å². The maximum Gasteiger partial charge on any atom is 0.334 e. The van der Waals surface area contributed by atoms with Crippen LogP contribution in [0.15, 0.2) is 58.0 Å². The monoisotopic (exact) mass is 329 g/mol. The van der Waals surface area contributed by atoms with Gasteiger partial charge in [0.1, 0.15) is 18.2 Å². The number of aliphatic imine (C=N–C) groups is 1. The lowest BCUT2D eigenvalue weighted by atomic mass is 10.3. The molecule has 0 aliphatic carbocycles. The predicted molar refractivity (Wildman–Crippen MR) is 96.5 cm³/mol. The first-order chi connectivity index (χ1) is 11.6. The number of para-hydroxylation sites is 2. The number of hydrogen-bond acceptors (Lipinski definition) is 4. The number of aliphatic hydroxyl groups is 1. The largest absolute Gasteiger partial charge is 0.492 e. The first kappa shape index (κ1) is 17.7. The number of nitrogens with zero attached hydrogens (tertiary/aromatic N) is 3. The van der Waals surface area contributed by atoms with Crippen molar-refractivity contribution in [1.82, 2.24) is 9.13 Å². The third-order valence-corrected chi connectivity index (χ3v) is 3.58. The van der Waals surface area contributed by atoms with Crippen LogP contribution in [0.5, 0.6) is 0 Å². The number of rotatable bonds is 6. The van der Waals surface area contributed by atoms with Gasteiger partial charge in [-0.3, -0.25) is 9.56 Å². The fraction of sp³-hybridized carbons (Fsp3) is 0.333. The summed E-state index contributed by atoms with van der Waals surface area (Å²) in [6, 6.07) is 7.58. The number of aryl methyl sites for hydroxylation is 1. The molecule has 0 aliphatic rings. The lowest BCUT2D eigenvalue weighted by molar-refractivity contribution is 0.151. The summed E-state index contributed by atoms with van der Waals surface area (Å²) in [5.41, 5.74) is 1.49. The zero-order valence-corrected chi connectivity index (χ0v) is 14.3. The highest BCUT2D eigenvalue weighted by Crippen LogP contribution is 2.12. The van der Waals surface area contributed by atoms with Crippen molar-refractivity contribution in [2.45, 2.75) is 13.3 Å². The second kappa shape index (κ2) is 8.31. The number of benzene rings is 1. The molecule has 0 bridgehead atoms. The van der Waals surface area contributed by atoms with Gasteiger partial charge in [0.25, 0.3) is 0 Å². The quantitative estimate of drug-likeness (QED) is 0.382. The Hall–Kier alpha value is -2.60. The van der Waals surface area contributed by atoms with Crippen LogP contribution in [-0.4, -0.2) is 40.3 Å². The molecule has 0 amide bonds. The molecule has 1 aromatic heterocycles. The molecule has 1 N–H and O–H groups in total. The zero-order chi connectivity index (χ0) is 17.5. The van der Waals surface area contributed by atoms with E-state index in [4.69, 9.17) is 9.84 Å². The van der Waals surface area contributed by atoms with Crippen LogP contribution in [0.2, 0.25) is 0 Å². The molecular weight excluding hydrogens is 306 g/mol. The highest BCUT2D eigenvalue weighted by Gasteiger charge is 2.12. The summed E-state index contributed by atoms with van der Waals surface area (Å²) >= 11 is 0. The van der Waals surface area contributed by atoms with Gasteiger partial charge in [0.15, 0.2) is 0 Å². The number of allylic oxidation sites excluding steroid dienone is 3. The number of hydrogen-bond donors (Lipinski definition) is 1. The molecule has 128 valence electrons. The topological polar surface area (TPSA) is 68.8 Å². The Bertz CT molecular complexity index is 841. The number of aromatic nitrogens is 2. The Morgan fingerprint density at radius 2 is 2.00 bits per heavy atom. The molecule has 0 atom stereocenters. The molecule has 0 unspecified atom stereocenters. The predicted octanol–water partition coefficient (Wildman–Crippen LogP) is 2.08. The molecule has 24 heavy (non-hydrogen) atoms. The Kier molecular flexibility index (Phi) is 6.14. The molecule has 1 aromatic carbocycles. The molecule has 0 saturated carbocycles. The average Bonchev–Trinajstić information content (AvgIpc) is 2.85. The summed E-state index contributed by atoms with van der Waals surface area (Å²) in [7, 11) is 3.39. The van der Waals surface area contributed by atoms with Crippen LogP contribution in [0.4, 0.5) is 0 Å². The maximum absolute atomic E-state index is 12.6. The molecule has 2 aromatic rings. The molecule has 6 heteroatoms. The number of fused-ring (bicyclic) bond motifs is 1. The van der Waals surface area contributed by atoms with Crippen LogP contribution in [0, 0.1) is 0 Å². The average molecular weight is 329 g/mol. The van der Waals surface area contributed by atoms with Crippen molar-refractivity contribution in [3.8, 4) is 0 Å². The first-order valence-electron chi connectivity index (χ1n) is 7.89. The van der Waals surface area contributed by atoms with Crippen molar-refractivity contribution in [3.63, 3.8) is 0 Å². The number of aliphatic hydroxyl groups excluding tert-OH is 1. The molecule has 1 heterocycles. The van der Waals surface area contributed by atoms with E-state index in [9.17, 15) is 4.79 Å². The summed E-state index contributed by atoms with van der Waals surface area (Å²) < 4.78 is 8.63. The van der Waals surface area contributed by atoms with Gasteiger partial charge in [-0.2, -0.15) is 0 Å². The van der Waals surface area contributed by atoms with Crippen molar-refractivity contribution in [1.29, 1.82) is 0 Å². The second-order valence-electron chi connectivity index (χ2n) is 5.17. The molecular formula is C18H23N3O3. The minimum Gasteiger partial charge on any atom is -0.492 e. The van der Waals surface area contributed by atoms with E-state index in [1.54, 1.807) is 35.4 Å². The minimum atomic E-state index is -0.154. The van der Waals surface area contributed by atoms with Crippen molar-refractivity contribution in [2.24, 2.45) is 12.0 Å². The Balaban J connectivity index is 2.43. The van der Waals surface area contributed by atoms with Crippen molar-refractivity contribution < 1.29 is 9.84 Å². The van der Waals surface area contributed by atoms with Crippen LogP contribution < -0.4 is 5.69 Å². The summed E-state index contributed by atoms with van der Waals surface area (Å²) in [6.45, 7) is 2.18. The van der Waals surface area contributed by atoms with Gasteiger partial charge in [0.2, 0.25) is 0 Å². The van der Waals surface area contributed by atoms with Crippen molar-refractivity contribution >= 4 is 16.9 Å². The van der Waals surface area contributed by atoms with E-state index in [-0.39, 0.29) is 18.9 Å². The normalized spacial score (nSPS) is 13.2. The second-order valence-corrected chi connectivity index (χ2v) is 5.17. The van der Waals surface area contributed by atoms with Crippen LogP contribution in [0.3, 0.4) is 0 Å². The van der Waals surface area contributed by atoms with Gasteiger partial charge in [-0.25, -0.2) is 9.36 Å². The fourth-order valence-electron chi connectivity index (χ4n) is 2.46. The van der Waals surface area contributed by atoms with E-state index in [0.717, 1.165) is 17.5 Å². The lowest BCUT2D eigenvalue weighted by Crippen LogP contribution is -2.27. The van der Waals surface area contributed by atoms with Gasteiger partial charge in [0.05, 0.1) is 17.6 Å². The molecule has 6 nitrogen and oxygen atoms in total. The molecule has 0 aliphatic heterocycles. The van der Waals surface area contributed by atoms with Crippen molar-refractivity contribution in [3.05, 3.63) is 58.7 Å². The summed E-state index contributed by atoms with van der Waals surface area (Å²) in [6.07, 6.45) is 6.21. The Morgan fingerprint density at radius 3 is 2.62 bits per heavy atom. The Morgan fingerprint density at radius 1 is 1.29 bits per heavy atom. The summed E-state index contributed by atoms with van der Waals surface area (Å²) in [5.74, 6) is 1.16. The van der Waals surface area contributed by atoms with Gasteiger partial charge in [-0.1, -0.05) is 19.1 Å². The molecule has 0 spiro atoms. The summed E-state index contributed by atoms with van der Waals surface area (Å²) in [5, 5.41) is 8.89. The number of imidazole rings is 1. The lowest BCUT2D eigenvalue weighted by Gasteiger charge is -2.06. The van der Waals surface area contributed by atoms with Gasteiger partial charge in [0, 0.05) is 14.1 Å². The van der Waals surface area contributed by atoms with E-state index in [0.29, 0.717) is 11.6 Å². The fourth-order valence-corrected chi connectivity index (χ4v) is 2.46. The van der Waals surface area contributed by atoms with E-state index >= 15 is 0 Å². The number of ether oxygens (including phenoxy) is 1. The first-order valence-corrected chi connectivity index (χ1v) is 7.89. The van der Waals surface area contributed by atoms with E-state index < -0.39 is 0 Å². The SMILES string of the molecule is CC/C=C(\C=C/C(=NC)n1c(=O)n(C)c2ccccc21)OCCO. The van der Waals surface area contributed by atoms with E-state index in [1.165, 1.54) is 0 Å². The highest BCUT2D eigenvalue weighted by molar-refractivity contribution is 6.00. The van der Waals surface area contributed by atoms with Gasteiger partial charge >= 0.3 is 5.69 Å². The molecule has 0 fully saturated rings.